The van der Waals surface area contributed by atoms with Gasteiger partial charge in [-0.3, -0.25) is 4.68 Å². The first-order chi connectivity index (χ1) is 10.7. The predicted octanol–water partition coefficient (Wildman–Crippen LogP) is 1.65. The predicted molar refractivity (Wildman–Crippen MR) is 82.9 cm³/mol. The molecule has 0 amide bonds. The molecule has 1 aromatic carbocycles. The standard InChI is InChI=1S/C16H21FN4O/c1-20(7-6-18)9-13-8-19-21(15-10-22-11-15)16(13)12-2-4-14(17)5-3-12/h2-5,8,15H,6-7,9-11,18H2,1H3. The van der Waals surface area contributed by atoms with Gasteiger partial charge in [0.1, 0.15) is 5.82 Å². The van der Waals surface area contributed by atoms with E-state index < -0.39 is 0 Å². The van der Waals surface area contributed by atoms with Gasteiger partial charge >= 0.3 is 0 Å². The van der Waals surface area contributed by atoms with Crippen LogP contribution in [0.5, 0.6) is 0 Å². The van der Waals surface area contributed by atoms with E-state index in [4.69, 9.17) is 10.5 Å². The van der Waals surface area contributed by atoms with Gasteiger partial charge in [0.05, 0.1) is 31.1 Å². The van der Waals surface area contributed by atoms with Crippen LogP contribution < -0.4 is 5.73 Å². The molecule has 5 nitrogen and oxygen atoms in total. The van der Waals surface area contributed by atoms with Gasteiger partial charge in [-0.25, -0.2) is 4.39 Å². The Morgan fingerprint density at radius 3 is 2.68 bits per heavy atom. The molecule has 2 heterocycles. The summed E-state index contributed by atoms with van der Waals surface area (Å²) in [5.41, 5.74) is 8.75. The van der Waals surface area contributed by atoms with E-state index in [0.29, 0.717) is 19.8 Å². The lowest BCUT2D eigenvalue weighted by molar-refractivity contribution is -0.0278. The normalized spacial score (nSPS) is 15.3. The van der Waals surface area contributed by atoms with Gasteiger partial charge in [0.2, 0.25) is 0 Å². The first kappa shape index (κ1) is 15.1. The van der Waals surface area contributed by atoms with E-state index in [1.165, 1.54) is 12.1 Å². The number of ether oxygens (including phenoxy) is 1. The molecule has 0 unspecified atom stereocenters. The molecule has 1 aliphatic heterocycles. The lowest BCUT2D eigenvalue weighted by Gasteiger charge is -2.28. The molecule has 6 heteroatoms. The van der Waals surface area contributed by atoms with Crippen LogP contribution in [0.2, 0.25) is 0 Å². The molecule has 0 bridgehead atoms. The Hall–Kier alpha value is -1.76. The first-order valence-electron chi connectivity index (χ1n) is 7.47. The summed E-state index contributed by atoms with van der Waals surface area (Å²) in [6.07, 6.45) is 1.89. The van der Waals surface area contributed by atoms with Gasteiger partial charge in [0, 0.05) is 30.8 Å². The maximum atomic E-state index is 13.2. The molecule has 0 spiro atoms. The molecule has 3 rings (SSSR count). The minimum Gasteiger partial charge on any atom is -0.377 e. The van der Waals surface area contributed by atoms with Crippen LogP contribution >= 0.6 is 0 Å². The third-order valence-electron chi connectivity index (χ3n) is 3.91. The maximum absolute atomic E-state index is 13.2. The summed E-state index contributed by atoms with van der Waals surface area (Å²) in [5.74, 6) is -0.233. The first-order valence-corrected chi connectivity index (χ1v) is 7.47. The van der Waals surface area contributed by atoms with Crippen molar-refractivity contribution in [2.75, 3.05) is 33.4 Å². The zero-order valence-corrected chi connectivity index (χ0v) is 12.7. The molecule has 1 saturated heterocycles. The molecule has 1 aromatic heterocycles. The molecule has 2 N–H and O–H groups in total. The Bertz CT molecular complexity index is 622. The number of hydrogen-bond donors (Lipinski definition) is 1. The fourth-order valence-electron chi connectivity index (χ4n) is 2.67. The van der Waals surface area contributed by atoms with E-state index in [-0.39, 0.29) is 11.9 Å². The third-order valence-corrected chi connectivity index (χ3v) is 3.91. The zero-order chi connectivity index (χ0) is 15.5. The Labute approximate surface area is 129 Å². The van der Waals surface area contributed by atoms with Gasteiger partial charge in [0.25, 0.3) is 0 Å². The summed E-state index contributed by atoms with van der Waals surface area (Å²) in [6, 6.07) is 6.83. The van der Waals surface area contributed by atoms with Crippen molar-refractivity contribution in [3.63, 3.8) is 0 Å². The molecule has 2 aromatic rings. The van der Waals surface area contributed by atoms with E-state index >= 15 is 0 Å². The SMILES string of the molecule is CN(CCN)Cc1cnn(C2COC2)c1-c1ccc(F)cc1. The molecular formula is C16H21FN4O. The second-order valence-corrected chi connectivity index (χ2v) is 5.69. The molecule has 22 heavy (non-hydrogen) atoms. The lowest BCUT2D eigenvalue weighted by Crippen LogP contribution is -2.32. The average Bonchev–Trinajstić information content (AvgIpc) is 2.81. The van der Waals surface area contributed by atoms with Crippen molar-refractivity contribution in [1.29, 1.82) is 0 Å². The summed E-state index contributed by atoms with van der Waals surface area (Å²) in [7, 11) is 2.03. The van der Waals surface area contributed by atoms with Crippen molar-refractivity contribution in [2.45, 2.75) is 12.6 Å². The minimum atomic E-state index is -0.233. The lowest BCUT2D eigenvalue weighted by atomic mass is 10.1. The highest BCUT2D eigenvalue weighted by Gasteiger charge is 2.26. The number of hydrogen-bond acceptors (Lipinski definition) is 4. The molecule has 1 aliphatic rings. The molecule has 0 atom stereocenters. The van der Waals surface area contributed by atoms with Gasteiger partial charge in [-0.2, -0.15) is 5.10 Å². The molecule has 1 fully saturated rings. The molecule has 0 radical (unpaired) electrons. The smallest absolute Gasteiger partial charge is 0.123 e. The second-order valence-electron chi connectivity index (χ2n) is 5.69. The van der Waals surface area contributed by atoms with Crippen LogP contribution in [0.4, 0.5) is 4.39 Å². The van der Waals surface area contributed by atoms with Crippen LogP contribution in [-0.4, -0.2) is 48.0 Å². The van der Waals surface area contributed by atoms with Crippen LogP contribution in [0.3, 0.4) is 0 Å². The van der Waals surface area contributed by atoms with Crippen molar-refractivity contribution in [1.82, 2.24) is 14.7 Å². The summed E-state index contributed by atoms with van der Waals surface area (Å²) in [4.78, 5) is 2.16. The largest absolute Gasteiger partial charge is 0.377 e. The Morgan fingerprint density at radius 1 is 1.36 bits per heavy atom. The summed E-state index contributed by atoms with van der Waals surface area (Å²) in [6.45, 7) is 3.55. The van der Waals surface area contributed by atoms with E-state index in [2.05, 4.69) is 10.00 Å². The zero-order valence-electron chi connectivity index (χ0n) is 12.7. The van der Waals surface area contributed by atoms with Crippen LogP contribution in [0.25, 0.3) is 11.3 Å². The molecule has 0 aliphatic carbocycles. The Kier molecular flexibility index (Phi) is 4.52. The quantitative estimate of drug-likeness (QED) is 0.881. The number of aromatic nitrogens is 2. The van der Waals surface area contributed by atoms with Crippen LogP contribution in [0, 0.1) is 5.82 Å². The number of halogens is 1. The maximum Gasteiger partial charge on any atom is 0.123 e. The van der Waals surface area contributed by atoms with E-state index in [9.17, 15) is 4.39 Å². The summed E-state index contributed by atoms with van der Waals surface area (Å²) >= 11 is 0. The van der Waals surface area contributed by atoms with Crippen molar-refractivity contribution >= 4 is 0 Å². The van der Waals surface area contributed by atoms with Gasteiger partial charge in [0.15, 0.2) is 0 Å². The van der Waals surface area contributed by atoms with Crippen molar-refractivity contribution < 1.29 is 9.13 Å². The highest BCUT2D eigenvalue weighted by Crippen LogP contribution is 2.30. The number of likely N-dealkylation sites (N-methyl/N-ethyl adjacent to an activating group) is 1. The molecular weight excluding hydrogens is 283 g/mol. The molecule has 0 saturated carbocycles. The van der Waals surface area contributed by atoms with E-state index in [1.807, 2.05) is 17.9 Å². The van der Waals surface area contributed by atoms with Crippen molar-refractivity contribution in [3.8, 4) is 11.3 Å². The van der Waals surface area contributed by atoms with Gasteiger partial charge in [-0.05, 0) is 31.3 Å². The van der Waals surface area contributed by atoms with Gasteiger partial charge in [-0.15, -0.1) is 0 Å². The average molecular weight is 304 g/mol. The fourth-order valence-corrected chi connectivity index (χ4v) is 2.67. The summed E-state index contributed by atoms with van der Waals surface area (Å²) in [5, 5.41) is 4.54. The second kappa shape index (κ2) is 6.56. The number of nitrogens with zero attached hydrogens (tertiary/aromatic N) is 3. The third kappa shape index (κ3) is 3.04. The van der Waals surface area contributed by atoms with Crippen LogP contribution in [0.15, 0.2) is 30.5 Å². The summed E-state index contributed by atoms with van der Waals surface area (Å²) < 4.78 is 20.5. The number of benzene rings is 1. The monoisotopic (exact) mass is 304 g/mol. The minimum absolute atomic E-state index is 0.233. The fraction of sp³-hybridized carbons (Fsp3) is 0.438. The van der Waals surface area contributed by atoms with E-state index in [0.717, 1.165) is 29.9 Å². The highest BCUT2D eigenvalue weighted by atomic mass is 19.1. The van der Waals surface area contributed by atoms with Gasteiger partial charge in [-0.1, -0.05) is 0 Å². The van der Waals surface area contributed by atoms with Crippen molar-refractivity contribution in [3.05, 3.63) is 41.8 Å². The van der Waals surface area contributed by atoms with Crippen LogP contribution in [0.1, 0.15) is 11.6 Å². The highest BCUT2D eigenvalue weighted by molar-refractivity contribution is 5.63. The topological polar surface area (TPSA) is 56.3 Å². The Balaban J connectivity index is 1.95. The van der Waals surface area contributed by atoms with Crippen LogP contribution in [-0.2, 0) is 11.3 Å². The number of nitrogens with two attached hydrogens (primary N) is 1. The van der Waals surface area contributed by atoms with E-state index in [1.54, 1.807) is 12.1 Å². The number of rotatable bonds is 6. The van der Waals surface area contributed by atoms with Gasteiger partial charge < -0.3 is 15.4 Å². The van der Waals surface area contributed by atoms with Crippen molar-refractivity contribution in [2.24, 2.45) is 5.73 Å². The Morgan fingerprint density at radius 2 is 2.09 bits per heavy atom. The molecule has 118 valence electrons.